The number of piperidine rings is 1. The molecular formula is C14H23NO2. The molecule has 1 aliphatic heterocycles. The van der Waals surface area contributed by atoms with Crippen molar-refractivity contribution in [2.45, 2.75) is 46.0 Å². The Morgan fingerprint density at radius 1 is 1.41 bits per heavy atom. The topological polar surface area (TPSA) is 40.5 Å². The SMILES string of the molecule is CC#CCCN1CCC(CCC)(C(=O)O)CC1. The zero-order valence-corrected chi connectivity index (χ0v) is 11.0. The number of nitrogens with zero attached hydrogens (tertiary/aromatic N) is 1. The van der Waals surface area contributed by atoms with Gasteiger partial charge in [-0.3, -0.25) is 4.79 Å². The van der Waals surface area contributed by atoms with Crippen LogP contribution in [0.15, 0.2) is 0 Å². The van der Waals surface area contributed by atoms with Crippen LogP contribution in [-0.4, -0.2) is 35.6 Å². The Labute approximate surface area is 104 Å². The first-order valence-electron chi connectivity index (χ1n) is 6.50. The van der Waals surface area contributed by atoms with Crippen molar-refractivity contribution >= 4 is 5.97 Å². The Kier molecular flexibility index (Phi) is 5.50. The van der Waals surface area contributed by atoms with Gasteiger partial charge in [0.15, 0.2) is 0 Å². The highest BCUT2D eigenvalue weighted by molar-refractivity contribution is 5.74. The van der Waals surface area contributed by atoms with Crippen LogP contribution in [0.2, 0.25) is 0 Å². The Hall–Kier alpha value is -1.01. The maximum absolute atomic E-state index is 11.4. The summed E-state index contributed by atoms with van der Waals surface area (Å²) in [5.41, 5.74) is -0.457. The molecule has 1 aliphatic rings. The molecule has 1 N–H and O–H groups in total. The molecule has 0 unspecified atom stereocenters. The number of aliphatic carboxylic acids is 1. The number of likely N-dealkylation sites (tertiary alicyclic amines) is 1. The Bertz CT molecular complexity index is 306. The second-order valence-electron chi connectivity index (χ2n) is 4.85. The first-order valence-corrected chi connectivity index (χ1v) is 6.50. The van der Waals surface area contributed by atoms with E-state index in [4.69, 9.17) is 0 Å². The zero-order chi connectivity index (χ0) is 12.7. The third kappa shape index (κ3) is 3.74. The average molecular weight is 237 g/mol. The average Bonchev–Trinajstić information content (AvgIpc) is 2.32. The van der Waals surface area contributed by atoms with Crippen molar-refractivity contribution in [1.82, 2.24) is 4.90 Å². The van der Waals surface area contributed by atoms with Crippen LogP contribution in [0, 0.1) is 17.3 Å². The van der Waals surface area contributed by atoms with Crippen LogP contribution in [0.1, 0.15) is 46.0 Å². The first kappa shape index (κ1) is 14.1. The minimum Gasteiger partial charge on any atom is -0.481 e. The van der Waals surface area contributed by atoms with Crippen molar-refractivity contribution in [3.8, 4) is 11.8 Å². The highest BCUT2D eigenvalue weighted by Gasteiger charge is 2.40. The Balaban J connectivity index is 2.46. The maximum Gasteiger partial charge on any atom is 0.309 e. The molecule has 0 spiro atoms. The van der Waals surface area contributed by atoms with Gasteiger partial charge in [0.2, 0.25) is 0 Å². The van der Waals surface area contributed by atoms with Crippen molar-refractivity contribution in [3.63, 3.8) is 0 Å². The van der Waals surface area contributed by atoms with Gasteiger partial charge >= 0.3 is 5.97 Å². The van der Waals surface area contributed by atoms with E-state index in [1.165, 1.54) is 0 Å². The van der Waals surface area contributed by atoms with Gasteiger partial charge in [0.05, 0.1) is 5.41 Å². The van der Waals surface area contributed by atoms with Gasteiger partial charge in [0, 0.05) is 13.0 Å². The third-order valence-electron chi connectivity index (χ3n) is 3.73. The van der Waals surface area contributed by atoms with Gasteiger partial charge in [-0.05, 0) is 39.3 Å². The second-order valence-corrected chi connectivity index (χ2v) is 4.85. The summed E-state index contributed by atoms with van der Waals surface area (Å²) in [6.45, 7) is 6.69. The number of carboxylic acids is 1. The third-order valence-corrected chi connectivity index (χ3v) is 3.73. The number of carbonyl (C=O) groups is 1. The number of hydrogen-bond donors (Lipinski definition) is 1. The summed E-state index contributed by atoms with van der Waals surface area (Å²) in [6, 6.07) is 0. The fourth-order valence-corrected chi connectivity index (χ4v) is 2.59. The fraction of sp³-hybridized carbons (Fsp3) is 0.786. The minimum atomic E-state index is -0.604. The molecule has 0 aromatic heterocycles. The van der Waals surface area contributed by atoms with Crippen molar-refractivity contribution in [2.24, 2.45) is 5.41 Å². The summed E-state index contributed by atoms with van der Waals surface area (Å²) < 4.78 is 0. The Morgan fingerprint density at radius 3 is 2.53 bits per heavy atom. The van der Waals surface area contributed by atoms with E-state index in [1.54, 1.807) is 0 Å². The molecule has 0 aromatic rings. The van der Waals surface area contributed by atoms with Crippen LogP contribution in [0.3, 0.4) is 0 Å². The van der Waals surface area contributed by atoms with Crippen LogP contribution in [0.4, 0.5) is 0 Å². The molecule has 3 nitrogen and oxygen atoms in total. The molecule has 0 atom stereocenters. The maximum atomic E-state index is 11.4. The Morgan fingerprint density at radius 2 is 2.06 bits per heavy atom. The van der Waals surface area contributed by atoms with Crippen LogP contribution in [0.5, 0.6) is 0 Å². The van der Waals surface area contributed by atoms with E-state index < -0.39 is 11.4 Å². The molecule has 1 saturated heterocycles. The molecule has 0 bridgehead atoms. The minimum absolute atomic E-state index is 0.457. The monoisotopic (exact) mass is 237 g/mol. The quantitative estimate of drug-likeness (QED) is 0.746. The molecule has 0 radical (unpaired) electrons. The van der Waals surface area contributed by atoms with Crippen molar-refractivity contribution < 1.29 is 9.90 Å². The van der Waals surface area contributed by atoms with Gasteiger partial charge in [-0.1, -0.05) is 13.3 Å². The summed E-state index contributed by atoms with van der Waals surface area (Å²) in [5.74, 6) is 5.34. The van der Waals surface area contributed by atoms with Crippen LogP contribution in [-0.2, 0) is 4.79 Å². The molecule has 96 valence electrons. The molecule has 0 aliphatic carbocycles. The largest absolute Gasteiger partial charge is 0.481 e. The van der Waals surface area contributed by atoms with E-state index >= 15 is 0 Å². The molecule has 3 heteroatoms. The van der Waals surface area contributed by atoms with E-state index in [0.717, 1.165) is 51.7 Å². The number of hydrogen-bond acceptors (Lipinski definition) is 2. The van der Waals surface area contributed by atoms with Gasteiger partial charge in [-0.25, -0.2) is 0 Å². The van der Waals surface area contributed by atoms with Crippen LogP contribution in [0.25, 0.3) is 0 Å². The number of rotatable bonds is 5. The summed E-state index contributed by atoms with van der Waals surface area (Å²) in [6.07, 6.45) is 4.23. The van der Waals surface area contributed by atoms with Gasteiger partial charge in [0.1, 0.15) is 0 Å². The van der Waals surface area contributed by atoms with E-state index in [0.29, 0.717) is 0 Å². The van der Waals surface area contributed by atoms with Gasteiger partial charge in [-0.15, -0.1) is 11.8 Å². The first-order chi connectivity index (χ1) is 8.14. The van der Waals surface area contributed by atoms with Gasteiger partial charge < -0.3 is 10.0 Å². The summed E-state index contributed by atoms with van der Waals surface area (Å²) >= 11 is 0. The standard InChI is InChI=1S/C14H23NO2/c1-3-5-6-10-15-11-8-14(7-4-2,9-12-15)13(16)17/h4,6-12H2,1-2H3,(H,16,17). The van der Waals surface area contributed by atoms with E-state index in [9.17, 15) is 9.90 Å². The van der Waals surface area contributed by atoms with Crippen LogP contribution < -0.4 is 0 Å². The normalized spacial score (nSPS) is 19.4. The molecule has 0 saturated carbocycles. The molecule has 1 fully saturated rings. The summed E-state index contributed by atoms with van der Waals surface area (Å²) in [4.78, 5) is 13.7. The molecule has 0 amide bonds. The van der Waals surface area contributed by atoms with Crippen molar-refractivity contribution in [3.05, 3.63) is 0 Å². The molecule has 0 aromatic carbocycles. The van der Waals surface area contributed by atoms with E-state index in [1.807, 2.05) is 6.92 Å². The predicted octanol–water partition coefficient (Wildman–Crippen LogP) is 2.37. The molecule has 17 heavy (non-hydrogen) atoms. The lowest BCUT2D eigenvalue weighted by Crippen LogP contribution is -2.44. The molecular weight excluding hydrogens is 214 g/mol. The number of carboxylic acid groups (broad SMARTS) is 1. The lowest BCUT2D eigenvalue weighted by Gasteiger charge is -2.38. The summed E-state index contributed by atoms with van der Waals surface area (Å²) in [5, 5.41) is 9.38. The second kappa shape index (κ2) is 6.66. The predicted molar refractivity (Wildman–Crippen MR) is 68.7 cm³/mol. The molecule has 1 rings (SSSR count). The highest BCUT2D eigenvalue weighted by atomic mass is 16.4. The fourth-order valence-electron chi connectivity index (χ4n) is 2.59. The van der Waals surface area contributed by atoms with Gasteiger partial charge in [-0.2, -0.15) is 0 Å². The van der Waals surface area contributed by atoms with Crippen LogP contribution >= 0.6 is 0 Å². The lowest BCUT2D eigenvalue weighted by atomic mass is 9.75. The highest BCUT2D eigenvalue weighted by Crippen LogP contribution is 2.36. The molecule has 1 heterocycles. The lowest BCUT2D eigenvalue weighted by molar-refractivity contribution is -0.152. The van der Waals surface area contributed by atoms with Gasteiger partial charge in [0.25, 0.3) is 0 Å². The zero-order valence-electron chi connectivity index (χ0n) is 11.0. The van der Waals surface area contributed by atoms with Crippen molar-refractivity contribution in [2.75, 3.05) is 19.6 Å². The van der Waals surface area contributed by atoms with Crippen molar-refractivity contribution in [1.29, 1.82) is 0 Å². The summed E-state index contributed by atoms with van der Waals surface area (Å²) in [7, 11) is 0. The smallest absolute Gasteiger partial charge is 0.309 e. The van der Waals surface area contributed by atoms with E-state index in [-0.39, 0.29) is 0 Å². The van der Waals surface area contributed by atoms with E-state index in [2.05, 4.69) is 23.7 Å².